The quantitative estimate of drug-likeness (QED) is 0.747. The number of aromatic nitrogens is 5. The SMILES string of the molecule is Cc1cc(Nc2nc(Cl)nc3cc(F)cn23)n[nH]1. The van der Waals surface area contributed by atoms with Crippen molar-refractivity contribution >= 4 is 29.0 Å². The Kier molecular flexibility index (Phi) is 2.41. The molecule has 2 N–H and O–H groups in total. The highest BCUT2D eigenvalue weighted by Gasteiger charge is 2.09. The summed E-state index contributed by atoms with van der Waals surface area (Å²) in [5.41, 5.74) is 1.27. The van der Waals surface area contributed by atoms with Gasteiger partial charge in [-0.25, -0.2) is 4.39 Å². The van der Waals surface area contributed by atoms with Crippen LogP contribution in [0.5, 0.6) is 0 Å². The number of hydrogen-bond acceptors (Lipinski definition) is 4. The number of aromatic amines is 1. The molecule has 92 valence electrons. The van der Waals surface area contributed by atoms with Gasteiger partial charge < -0.3 is 5.32 Å². The van der Waals surface area contributed by atoms with Crippen LogP contribution in [0.15, 0.2) is 18.3 Å². The Morgan fingerprint density at radius 3 is 2.94 bits per heavy atom. The molecule has 0 aliphatic carbocycles. The van der Waals surface area contributed by atoms with Crippen molar-refractivity contribution in [2.24, 2.45) is 0 Å². The Morgan fingerprint density at radius 2 is 2.22 bits per heavy atom. The second kappa shape index (κ2) is 3.95. The van der Waals surface area contributed by atoms with Gasteiger partial charge in [0.05, 0.1) is 0 Å². The molecule has 0 fully saturated rings. The minimum Gasteiger partial charge on any atom is -0.308 e. The van der Waals surface area contributed by atoms with Crippen molar-refractivity contribution in [2.45, 2.75) is 6.92 Å². The van der Waals surface area contributed by atoms with Gasteiger partial charge in [-0.1, -0.05) is 0 Å². The molecule has 0 aliphatic rings. The largest absolute Gasteiger partial charge is 0.308 e. The van der Waals surface area contributed by atoms with Crippen molar-refractivity contribution in [2.75, 3.05) is 5.32 Å². The van der Waals surface area contributed by atoms with Crippen LogP contribution in [0.2, 0.25) is 5.28 Å². The monoisotopic (exact) mass is 266 g/mol. The number of H-pyrrole nitrogens is 1. The molecular formula is C10H8ClFN6. The standard InChI is InChI=1S/C10H8ClFN6/c1-5-2-7(17-16-5)13-10-15-9(11)14-8-3-6(12)4-18(8)10/h2-4H,1H3,(H2,13,14,15,16,17). The average molecular weight is 267 g/mol. The first-order chi connectivity index (χ1) is 8.61. The van der Waals surface area contributed by atoms with E-state index in [2.05, 4.69) is 25.5 Å². The van der Waals surface area contributed by atoms with Gasteiger partial charge in [-0.3, -0.25) is 9.50 Å². The first-order valence-electron chi connectivity index (χ1n) is 5.12. The number of halogens is 2. The predicted molar refractivity (Wildman–Crippen MR) is 64.6 cm³/mol. The fourth-order valence-corrected chi connectivity index (χ4v) is 1.79. The third-order valence-corrected chi connectivity index (χ3v) is 2.51. The van der Waals surface area contributed by atoms with Crippen molar-refractivity contribution in [1.82, 2.24) is 24.6 Å². The van der Waals surface area contributed by atoms with Crippen molar-refractivity contribution in [3.8, 4) is 0 Å². The Hall–Kier alpha value is -2.15. The van der Waals surface area contributed by atoms with Crippen molar-refractivity contribution in [1.29, 1.82) is 0 Å². The summed E-state index contributed by atoms with van der Waals surface area (Å²) in [5.74, 6) is 0.505. The molecule has 0 saturated carbocycles. The van der Waals surface area contributed by atoms with Gasteiger partial charge in [0.1, 0.15) is 11.5 Å². The van der Waals surface area contributed by atoms with Gasteiger partial charge in [0.25, 0.3) is 0 Å². The van der Waals surface area contributed by atoms with E-state index in [9.17, 15) is 4.39 Å². The number of fused-ring (bicyclic) bond motifs is 1. The zero-order chi connectivity index (χ0) is 12.7. The highest BCUT2D eigenvalue weighted by atomic mass is 35.5. The van der Waals surface area contributed by atoms with E-state index in [1.807, 2.05) is 6.92 Å². The van der Waals surface area contributed by atoms with Gasteiger partial charge in [0.15, 0.2) is 5.82 Å². The van der Waals surface area contributed by atoms with E-state index in [4.69, 9.17) is 11.6 Å². The number of nitrogens with zero attached hydrogens (tertiary/aromatic N) is 4. The van der Waals surface area contributed by atoms with Crippen LogP contribution in [0, 0.1) is 12.7 Å². The van der Waals surface area contributed by atoms with Crippen LogP contribution in [-0.2, 0) is 0 Å². The smallest absolute Gasteiger partial charge is 0.227 e. The summed E-state index contributed by atoms with van der Waals surface area (Å²) in [5, 5.41) is 9.77. The van der Waals surface area contributed by atoms with Crippen LogP contribution in [0.25, 0.3) is 5.65 Å². The van der Waals surface area contributed by atoms with Gasteiger partial charge in [-0.05, 0) is 18.5 Å². The van der Waals surface area contributed by atoms with Crippen LogP contribution in [0.1, 0.15) is 5.69 Å². The highest BCUT2D eigenvalue weighted by molar-refractivity contribution is 6.28. The summed E-state index contributed by atoms with van der Waals surface area (Å²) in [4.78, 5) is 7.92. The molecule has 0 bridgehead atoms. The lowest BCUT2D eigenvalue weighted by Crippen LogP contribution is -2.03. The first kappa shape index (κ1) is 11.0. The Labute approximate surface area is 106 Å². The Bertz CT molecular complexity index is 718. The van der Waals surface area contributed by atoms with E-state index < -0.39 is 5.82 Å². The fourth-order valence-electron chi connectivity index (χ4n) is 1.62. The van der Waals surface area contributed by atoms with Crippen LogP contribution in [0.4, 0.5) is 16.2 Å². The molecular weight excluding hydrogens is 259 g/mol. The van der Waals surface area contributed by atoms with E-state index in [1.165, 1.54) is 16.7 Å². The van der Waals surface area contributed by atoms with E-state index in [0.717, 1.165) is 5.69 Å². The Balaban J connectivity index is 2.10. The average Bonchev–Trinajstić information content (AvgIpc) is 2.84. The summed E-state index contributed by atoms with van der Waals surface area (Å²) >= 11 is 5.78. The normalized spacial score (nSPS) is 11.1. The molecule has 3 aromatic heterocycles. The first-order valence-corrected chi connectivity index (χ1v) is 5.50. The van der Waals surface area contributed by atoms with Crippen molar-refractivity contribution in [3.05, 3.63) is 35.1 Å². The second-order valence-corrected chi connectivity index (χ2v) is 4.10. The molecule has 3 rings (SSSR count). The van der Waals surface area contributed by atoms with E-state index in [-0.39, 0.29) is 5.28 Å². The molecule has 0 aromatic carbocycles. The molecule has 8 heteroatoms. The van der Waals surface area contributed by atoms with Crippen molar-refractivity contribution < 1.29 is 4.39 Å². The van der Waals surface area contributed by atoms with Gasteiger partial charge in [-0.2, -0.15) is 15.1 Å². The number of rotatable bonds is 2. The summed E-state index contributed by atoms with van der Waals surface area (Å²) in [6.45, 7) is 1.87. The molecule has 0 atom stereocenters. The lowest BCUT2D eigenvalue weighted by atomic mass is 10.5. The third-order valence-electron chi connectivity index (χ3n) is 2.35. The van der Waals surface area contributed by atoms with E-state index >= 15 is 0 Å². The molecule has 3 aromatic rings. The predicted octanol–water partition coefficient (Wildman–Crippen LogP) is 2.30. The number of aryl methyl sites for hydroxylation is 1. The van der Waals surface area contributed by atoms with Crippen LogP contribution < -0.4 is 5.32 Å². The zero-order valence-corrected chi connectivity index (χ0v) is 10.0. The van der Waals surface area contributed by atoms with Crippen molar-refractivity contribution in [3.63, 3.8) is 0 Å². The van der Waals surface area contributed by atoms with Crippen LogP contribution in [0.3, 0.4) is 0 Å². The fraction of sp³-hybridized carbons (Fsp3) is 0.100. The van der Waals surface area contributed by atoms with Gasteiger partial charge in [0.2, 0.25) is 11.2 Å². The molecule has 0 saturated heterocycles. The summed E-state index contributed by atoms with van der Waals surface area (Å²) < 4.78 is 14.7. The van der Waals surface area contributed by atoms with E-state index in [1.54, 1.807) is 6.07 Å². The van der Waals surface area contributed by atoms with Gasteiger partial charge in [-0.15, -0.1) is 0 Å². The molecule has 0 amide bonds. The third kappa shape index (κ3) is 1.88. The second-order valence-electron chi connectivity index (χ2n) is 3.76. The Morgan fingerprint density at radius 1 is 1.39 bits per heavy atom. The topological polar surface area (TPSA) is 70.9 Å². The maximum absolute atomic E-state index is 13.2. The lowest BCUT2D eigenvalue weighted by molar-refractivity contribution is 0.628. The molecule has 0 radical (unpaired) electrons. The maximum atomic E-state index is 13.2. The number of nitrogens with one attached hydrogen (secondary N) is 2. The maximum Gasteiger partial charge on any atom is 0.227 e. The zero-order valence-electron chi connectivity index (χ0n) is 9.28. The summed E-state index contributed by atoms with van der Waals surface area (Å²) in [7, 11) is 0. The highest BCUT2D eigenvalue weighted by Crippen LogP contribution is 2.18. The number of hydrogen-bond donors (Lipinski definition) is 2. The molecule has 0 unspecified atom stereocenters. The van der Waals surface area contributed by atoms with Crippen LogP contribution >= 0.6 is 11.6 Å². The molecule has 3 heterocycles. The van der Waals surface area contributed by atoms with Crippen LogP contribution in [-0.4, -0.2) is 24.6 Å². The van der Waals surface area contributed by atoms with Gasteiger partial charge >= 0.3 is 0 Å². The minimum absolute atomic E-state index is 0.0374. The minimum atomic E-state index is -0.409. The molecule has 0 aliphatic heterocycles. The van der Waals surface area contributed by atoms with E-state index in [0.29, 0.717) is 17.4 Å². The molecule has 18 heavy (non-hydrogen) atoms. The summed E-state index contributed by atoms with van der Waals surface area (Å²) in [6, 6.07) is 3.07. The van der Waals surface area contributed by atoms with Gasteiger partial charge in [0, 0.05) is 24.0 Å². The molecule has 6 nitrogen and oxygen atoms in total. The summed E-state index contributed by atoms with van der Waals surface area (Å²) in [6.07, 6.45) is 1.27. The lowest BCUT2D eigenvalue weighted by Gasteiger charge is -2.05. The molecule has 0 spiro atoms. The number of anilines is 2.